The Labute approximate surface area is 132 Å². The molecule has 0 spiro atoms. The maximum atomic E-state index is 12.3. The van der Waals surface area contributed by atoms with Crippen LogP contribution in [0.2, 0.25) is 0 Å². The molecule has 0 unspecified atom stereocenters. The molecule has 0 heterocycles. The third-order valence-corrected chi connectivity index (χ3v) is 5.15. The molecule has 0 aliphatic rings. The van der Waals surface area contributed by atoms with Crippen LogP contribution in [0.3, 0.4) is 0 Å². The highest BCUT2D eigenvalue weighted by Gasteiger charge is 2.32. The van der Waals surface area contributed by atoms with Crippen LogP contribution in [0, 0.1) is 0 Å². The number of ether oxygens (including phenoxy) is 1. The number of para-hydroxylation sites is 2. The van der Waals surface area contributed by atoms with Crippen LogP contribution in [0.15, 0.2) is 29.3 Å². The third-order valence-electron chi connectivity index (χ3n) is 3.01. The Hall–Kier alpha value is -1.97. The third kappa shape index (κ3) is 5.97. The van der Waals surface area contributed by atoms with Crippen LogP contribution < -0.4 is 15.8 Å². The lowest BCUT2D eigenvalue weighted by atomic mass is 10.2. The average molecular weight is 353 g/mol. The van der Waals surface area contributed by atoms with Gasteiger partial charge in [-0.3, -0.25) is 4.99 Å². The van der Waals surface area contributed by atoms with E-state index in [0.717, 1.165) is 12.3 Å². The summed E-state index contributed by atoms with van der Waals surface area (Å²) in [5, 5.41) is 2.47. The highest BCUT2D eigenvalue weighted by molar-refractivity contribution is 7.92. The summed E-state index contributed by atoms with van der Waals surface area (Å²) in [6.07, 6.45) is -3.78. The molecule has 0 aromatic heterocycles. The molecule has 0 aliphatic carbocycles. The lowest BCUT2D eigenvalue weighted by Crippen LogP contribution is -2.36. The predicted octanol–water partition coefficient (Wildman–Crippen LogP) is 2.13. The molecule has 0 aliphatic heterocycles. The van der Waals surface area contributed by atoms with Gasteiger partial charge in [0.15, 0.2) is 21.5 Å². The zero-order chi connectivity index (χ0) is 17.9. The monoisotopic (exact) mass is 353 g/mol. The van der Waals surface area contributed by atoms with Crippen LogP contribution in [0.25, 0.3) is 0 Å². The van der Waals surface area contributed by atoms with Crippen LogP contribution >= 0.6 is 0 Å². The van der Waals surface area contributed by atoms with Gasteiger partial charge in [-0.2, -0.15) is 0 Å². The van der Waals surface area contributed by atoms with E-state index < -0.39 is 26.7 Å². The van der Waals surface area contributed by atoms with Crippen LogP contribution in [0.1, 0.15) is 13.8 Å². The van der Waals surface area contributed by atoms with Crippen LogP contribution in [-0.2, 0) is 9.84 Å². The van der Waals surface area contributed by atoms with Crippen molar-refractivity contribution in [2.24, 2.45) is 10.7 Å². The van der Waals surface area contributed by atoms with Crippen molar-refractivity contribution >= 4 is 21.5 Å². The number of nitrogens with zero attached hydrogens (tertiary/aromatic N) is 1. The molecule has 1 rings (SSSR count). The molecule has 0 fully saturated rings. The minimum Gasteiger partial charge on any atom is -0.404 e. The number of aliphatic imine (C=N–C) groups is 1. The molecule has 3 N–H and O–H groups in total. The normalized spacial score (nSPS) is 13.7. The number of anilines is 1. The maximum Gasteiger partial charge on any atom is 0.573 e. The molecule has 0 amide bonds. The average Bonchev–Trinajstić information content (AvgIpc) is 2.36. The fraction of sp³-hybridized carbons (Fsp3) is 0.462. The standard InChI is InChI=1S/C13H18F3N3O3S/c1-12(2,23(3,20)21)8-18-11(17)19-9-6-4-5-7-10(9)22-13(14,15)16/h4-7H,8H2,1-3H3,(H3,17,18,19). The minimum absolute atomic E-state index is 0.0387. The largest absolute Gasteiger partial charge is 0.573 e. The van der Waals surface area contributed by atoms with Gasteiger partial charge in [0, 0.05) is 6.26 Å². The number of halogens is 3. The second-order valence-electron chi connectivity index (χ2n) is 5.40. The molecule has 0 bridgehead atoms. The summed E-state index contributed by atoms with van der Waals surface area (Å²) in [6, 6.07) is 5.29. The molecule has 10 heteroatoms. The molecule has 0 radical (unpaired) electrons. The van der Waals surface area contributed by atoms with E-state index in [0.29, 0.717) is 0 Å². The van der Waals surface area contributed by atoms with Gasteiger partial charge < -0.3 is 15.8 Å². The first-order valence-electron chi connectivity index (χ1n) is 6.43. The van der Waals surface area contributed by atoms with Crippen molar-refractivity contribution < 1.29 is 26.3 Å². The number of hydrogen-bond acceptors (Lipinski definition) is 4. The Morgan fingerprint density at radius 3 is 2.39 bits per heavy atom. The summed E-state index contributed by atoms with van der Waals surface area (Å²) >= 11 is 0. The van der Waals surface area contributed by atoms with Gasteiger partial charge in [-0.15, -0.1) is 13.2 Å². The smallest absolute Gasteiger partial charge is 0.404 e. The number of alkyl halides is 3. The van der Waals surface area contributed by atoms with Crippen LogP contribution in [-0.4, -0.2) is 38.3 Å². The Balaban J connectivity index is 2.90. The Kier molecular flexibility index (Phi) is 5.51. The summed E-state index contributed by atoms with van der Waals surface area (Å²) in [6.45, 7) is 2.80. The summed E-state index contributed by atoms with van der Waals surface area (Å²) in [5.74, 6) is -0.694. The molecule has 1 aromatic rings. The first-order chi connectivity index (χ1) is 10.3. The van der Waals surface area contributed by atoms with E-state index in [9.17, 15) is 21.6 Å². The van der Waals surface area contributed by atoms with Crippen molar-refractivity contribution in [3.63, 3.8) is 0 Å². The Morgan fingerprint density at radius 2 is 1.87 bits per heavy atom. The Morgan fingerprint density at radius 1 is 1.30 bits per heavy atom. The van der Waals surface area contributed by atoms with Gasteiger partial charge in [0.25, 0.3) is 0 Å². The van der Waals surface area contributed by atoms with Crippen molar-refractivity contribution in [1.29, 1.82) is 0 Å². The number of nitrogens with one attached hydrogen (secondary N) is 1. The quantitative estimate of drug-likeness (QED) is 0.625. The lowest BCUT2D eigenvalue weighted by molar-refractivity contribution is -0.274. The van der Waals surface area contributed by atoms with Crippen molar-refractivity contribution in [1.82, 2.24) is 0 Å². The van der Waals surface area contributed by atoms with Crippen molar-refractivity contribution in [3.05, 3.63) is 24.3 Å². The summed E-state index contributed by atoms with van der Waals surface area (Å²) < 4.78 is 62.8. The van der Waals surface area contributed by atoms with Crippen molar-refractivity contribution in [3.8, 4) is 5.75 Å². The first kappa shape index (κ1) is 19.1. The molecule has 23 heavy (non-hydrogen) atoms. The maximum absolute atomic E-state index is 12.3. The fourth-order valence-electron chi connectivity index (χ4n) is 1.35. The molecule has 0 saturated heterocycles. The van der Waals surface area contributed by atoms with Crippen molar-refractivity contribution in [2.75, 3.05) is 18.1 Å². The lowest BCUT2D eigenvalue weighted by Gasteiger charge is -2.20. The zero-order valence-corrected chi connectivity index (χ0v) is 13.6. The summed E-state index contributed by atoms with van der Waals surface area (Å²) in [7, 11) is -3.37. The molecular weight excluding hydrogens is 335 g/mol. The van der Waals surface area contributed by atoms with E-state index in [-0.39, 0.29) is 18.2 Å². The van der Waals surface area contributed by atoms with Gasteiger partial charge in [-0.25, -0.2) is 8.42 Å². The van der Waals surface area contributed by atoms with E-state index >= 15 is 0 Å². The second kappa shape index (κ2) is 6.65. The van der Waals surface area contributed by atoms with E-state index in [1.807, 2.05) is 0 Å². The van der Waals surface area contributed by atoms with Gasteiger partial charge in [-0.05, 0) is 26.0 Å². The Bertz CT molecular complexity index is 685. The first-order valence-corrected chi connectivity index (χ1v) is 8.32. The molecule has 6 nitrogen and oxygen atoms in total. The number of benzene rings is 1. The van der Waals surface area contributed by atoms with E-state index in [2.05, 4.69) is 15.0 Å². The van der Waals surface area contributed by atoms with E-state index in [4.69, 9.17) is 5.73 Å². The fourth-order valence-corrected chi connectivity index (χ4v) is 1.65. The SMILES string of the molecule is CC(C)(CN=C(N)Nc1ccccc1OC(F)(F)F)S(C)(=O)=O. The van der Waals surface area contributed by atoms with Gasteiger partial charge >= 0.3 is 6.36 Å². The molecular formula is C13H18F3N3O3S. The zero-order valence-electron chi connectivity index (χ0n) is 12.8. The number of guanidine groups is 1. The van der Waals surface area contributed by atoms with Crippen LogP contribution in [0.5, 0.6) is 5.75 Å². The van der Waals surface area contributed by atoms with Gasteiger partial charge in [0.1, 0.15) is 0 Å². The van der Waals surface area contributed by atoms with Gasteiger partial charge in [0.05, 0.1) is 17.0 Å². The van der Waals surface area contributed by atoms with E-state index in [1.54, 1.807) is 0 Å². The number of nitrogens with two attached hydrogens (primary N) is 1. The number of sulfone groups is 1. The number of hydrogen-bond donors (Lipinski definition) is 2. The predicted molar refractivity (Wildman–Crippen MR) is 82.2 cm³/mol. The minimum atomic E-state index is -4.85. The highest BCUT2D eigenvalue weighted by Crippen LogP contribution is 2.29. The molecule has 1 aromatic carbocycles. The summed E-state index contributed by atoms with van der Waals surface area (Å²) in [4.78, 5) is 3.86. The van der Waals surface area contributed by atoms with Crippen LogP contribution in [0.4, 0.5) is 18.9 Å². The molecule has 130 valence electrons. The topological polar surface area (TPSA) is 93.8 Å². The van der Waals surface area contributed by atoms with E-state index in [1.165, 1.54) is 32.0 Å². The number of rotatable bonds is 5. The van der Waals surface area contributed by atoms with Crippen molar-refractivity contribution in [2.45, 2.75) is 25.0 Å². The second-order valence-corrected chi connectivity index (χ2v) is 8.05. The van der Waals surface area contributed by atoms with Gasteiger partial charge in [0.2, 0.25) is 0 Å². The van der Waals surface area contributed by atoms with Gasteiger partial charge in [-0.1, -0.05) is 12.1 Å². The highest BCUT2D eigenvalue weighted by atomic mass is 32.2. The molecule has 0 saturated carbocycles. The molecule has 0 atom stereocenters. The summed E-state index contributed by atoms with van der Waals surface area (Å²) in [5.41, 5.74) is 5.56.